The summed E-state index contributed by atoms with van der Waals surface area (Å²) in [6, 6.07) is 5.53. The smallest absolute Gasteiger partial charge is 0.255 e. The third-order valence-corrected chi connectivity index (χ3v) is 3.46. The highest BCUT2D eigenvalue weighted by molar-refractivity contribution is 9.10. The fourth-order valence-corrected chi connectivity index (χ4v) is 2.57. The minimum Gasteiger partial charge on any atom is -0.336 e. The second-order valence-electron chi connectivity index (χ2n) is 3.70. The highest BCUT2D eigenvalue weighted by atomic mass is 79.9. The lowest BCUT2D eigenvalue weighted by atomic mass is 10.2. The lowest BCUT2D eigenvalue weighted by molar-refractivity contribution is 0.0732. The number of hydrogen-bond acceptors (Lipinski definition) is 3. The van der Waals surface area contributed by atoms with Crippen LogP contribution in [0.2, 0.25) is 0 Å². The fourth-order valence-electron chi connectivity index (χ4n) is 1.72. The lowest BCUT2D eigenvalue weighted by Gasteiger charge is -2.27. The molecule has 0 radical (unpaired) electrons. The molecule has 1 fully saturated rings. The number of carbonyl (C=O) groups is 1. The molecule has 16 heavy (non-hydrogen) atoms. The number of benzene rings is 1. The first-order chi connectivity index (χ1) is 7.68. The largest absolute Gasteiger partial charge is 0.336 e. The summed E-state index contributed by atoms with van der Waals surface area (Å²) in [5, 5.41) is 3.22. The number of nitrogens with one attached hydrogen (secondary N) is 1. The van der Waals surface area contributed by atoms with E-state index in [1.54, 1.807) is 0 Å². The SMILES string of the molecule is O=C(c1ccc(Br)cc1S)N1CCNCC1. The van der Waals surface area contributed by atoms with E-state index in [2.05, 4.69) is 33.9 Å². The average molecular weight is 301 g/mol. The van der Waals surface area contributed by atoms with Crippen molar-refractivity contribution >= 4 is 34.5 Å². The zero-order valence-electron chi connectivity index (χ0n) is 8.74. The van der Waals surface area contributed by atoms with Crippen LogP contribution in [0.15, 0.2) is 27.6 Å². The van der Waals surface area contributed by atoms with E-state index in [1.165, 1.54) is 0 Å². The summed E-state index contributed by atoms with van der Waals surface area (Å²) in [7, 11) is 0. The van der Waals surface area contributed by atoms with E-state index in [4.69, 9.17) is 0 Å². The Bertz CT molecular complexity index is 405. The van der Waals surface area contributed by atoms with Gasteiger partial charge in [0, 0.05) is 35.5 Å². The second kappa shape index (κ2) is 5.21. The predicted octanol–water partition coefficient (Wildman–Crippen LogP) is 1.78. The molecule has 1 N–H and O–H groups in total. The minimum atomic E-state index is 0.0685. The molecule has 86 valence electrons. The Balaban J connectivity index is 2.19. The van der Waals surface area contributed by atoms with E-state index in [-0.39, 0.29) is 5.91 Å². The molecule has 1 amide bonds. The average Bonchev–Trinajstić information content (AvgIpc) is 2.29. The van der Waals surface area contributed by atoms with Crippen LogP contribution >= 0.6 is 28.6 Å². The summed E-state index contributed by atoms with van der Waals surface area (Å²) in [6.07, 6.45) is 0. The third kappa shape index (κ3) is 2.59. The number of carbonyl (C=O) groups excluding carboxylic acids is 1. The maximum atomic E-state index is 12.2. The number of thiol groups is 1. The maximum absolute atomic E-state index is 12.2. The van der Waals surface area contributed by atoms with Crippen LogP contribution in [-0.4, -0.2) is 37.0 Å². The standard InChI is InChI=1S/C11H13BrN2OS/c12-8-1-2-9(10(16)7-8)11(15)14-5-3-13-4-6-14/h1-2,7,13,16H,3-6H2. The van der Waals surface area contributed by atoms with Crippen LogP contribution in [0.5, 0.6) is 0 Å². The van der Waals surface area contributed by atoms with Gasteiger partial charge >= 0.3 is 0 Å². The highest BCUT2D eigenvalue weighted by Gasteiger charge is 2.19. The van der Waals surface area contributed by atoms with Crippen molar-refractivity contribution in [3.05, 3.63) is 28.2 Å². The summed E-state index contributed by atoms with van der Waals surface area (Å²) in [4.78, 5) is 14.7. The van der Waals surface area contributed by atoms with Crippen LogP contribution in [0.3, 0.4) is 0 Å². The first-order valence-electron chi connectivity index (χ1n) is 5.17. The first-order valence-corrected chi connectivity index (χ1v) is 6.41. The van der Waals surface area contributed by atoms with Gasteiger partial charge in [-0.3, -0.25) is 4.79 Å². The Morgan fingerprint density at radius 1 is 1.38 bits per heavy atom. The Morgan fingerprint density at radius 2 is 2.06 bits per heavy atom. The van der Waals surface area contributed by atoms with E-state index in [0.717, 1.165) is 35.5 Å². The van der Waals surface area contributed by atoms with Gasteiger partial charge in [-0.05, 0) is 18.2 Å². The van der Waals surface area contributed by atoms with Crippen molar-refractivity contribution in [1.82, 2.24) is 10.2 Å². The molecule has 1 aromatic carbocycles. The summed E-state index contributed by atoms with van der Waals surface area (Å²) < 4.78 is 0.939. The zero-order valence-corrected chi connectivity index (χ0v) is 11.2. The van der Waals surface area contributed by atoms with Gasteiger partial charge in [0.1, 0.15) is 0 Å². The molecule has 0 unspecified atom stereocenters. The van der Waals surface area contributed by atoms with Crippen molar-refractivity contribution in [3.8, 4) is 0 Å². The van der Waals surface area contributed by atoms with Gasteiger partial charge in [0.05, 0.1) is 5.56 Å². The number of piperazine rings is 1. The molecule has 1 saturated heterocycles. The molecule has 0 bridgehead atoms. The fraction of sp³-hybridized carbons (Fsp3) is 0.364. The van der Waals surface area contributed by atoms with Crippen molar-refractivity contribution in [2.24, 2.45) is 0 Å². The van der Waals surface area contributed by atoms with Crippen molar-refractivity contribution < 1.29 is 4.79 Å². The highest BCUT2D eigenvalue weighted by Crippen LogP contribution is 2.21. The molecular weight excluding hydrogens is 288 g/mol. The summed E-state index contributed by atoms with van der Waals surface area (Å²) in [5.74, 6) is 0.0685. The maximum Gasteiger partial charge on any atom is 0.255 e. The van der Waals surface area contributed by atoms with Crippen molar-refractivity contribution in [2.75, 3.05) is 26.2 Å². The molecule has 3 nitrogen and oxygen atoms in total. The zero-order chi connectivity index (χ0) is 11.5. The van der Waals surface area contributed by atoms with Crippen LogP contribution in [0.25, 0.3) is 0 Å². The molecule has 0 aliphatic carbocycles. The monoisotopic (exact) mass is 300 g/mol. The number of amides is 1. The van der Waals surface area contributed by atoms with Crippen molar-refractivity contribution in [3.63, 3.8) is 0 Å². The molecule has 1 aliphatic rings. The van der Waals surface area contributed by atoms with Gasteiger partial charge in [0.2, 0.25) is 0 Å². The van der Waals surface area contributed by atoms with E-state index in [9.17, 15) is 4.79 Å². The Labute approximate surface area is 109 Å². The minimum absolute atomic E-state index is 0.0685. The van der Waals surface area contributed by atoms with E-state index < -0.39 is 0 Å². The van der Waals surface area contributed by atoms with Gasteiger partial charge in [-0.25, -0.2) is 0 Å². The normalized spacial score (nSPS) is 16.2. The molecule has 2 rings (SSSR count). The number of nitrogens with zero attached hydrogens (tertiary/aromatic N) is 1. The van der Waals surface area contributed by atoms with Gasteiger partial charge in [-0.15, -0.1) is 12.6 Å². The predicted molar refractivity (Wildman–Crippen MR) is 70.2 cm³/mol. The Hall–Kier alpha value is -0.520. The van der Waals surface area contributed by atoms with Gasteiger partial charge in [-0.2, -0.15) is 0 Å². The summed E-state index contributed by atoms with van der Waals surface area (Å²) in [5.41, 5.74) is 0.674. The van der Waals surface area contributed by atoms with Crippen LogP contribution in [-0.2, 0) is 0 Å². The van der Waals surface area contributed by atoms with Crippen LogP contribution in [0, 0.1) is 0 Å². The van der Waals surface area contributed by atoms with E-state index >= 15 is 0 Å². The molecule has 1 aromatic rings. The van der Waals surface area contributed by atoms with Crippen molar-refractivity contribution in [1.29, 1.82) is 0 Å². The van der Waals surface area contributed by atoms with Crippen molar-refractivity contribution in [2.45, 2.75) is 4.90 Å². The summed E-state index contributed by atoms with van der Waals surface area (Å²) in [6.45, 7) is 3.26. The lowest BCUT2D eigenvalue weighted by Crippen LogP contribution is -2.46. The third-order valence-electron chi connectivity index (χ3n) is 2.59. The molecule has 5 heteroatoms. The van der Waals surface area contributed by atoms with Gasteiger partial charge < -0.3 is 10.2 Å². The van der Waals surface area contributed by atoms with Gasteiger partial charge in [-0.1, -0.05) is 15.9 Å². The van der Waals surface area contributed by atoms with E-state index in [1.807, 2.05) is 23.1 Å². The Kier molecular flexibility index (Phi) is 3.89. The van der Waals surface area contributed by atoms with Gasteiger partial charge in [0.15, 0.2) is 0 Å². The number of hydrogen-bond donors (Lipinski definition) is 2. The molecular formula is C11H13BrN2OS. The van der Waals surface area contributed by atoms with Crippen LogP contribution < -0.4 is 5.32 Å². The molecule has 0 atom stereocenters. The molecule has 0 aromatic heterocycles. The number of halogens is 1. The topological polar surface area (TPSA) is 32.3 Å². The molecule has 1 heterocycles. The first kappa shape index (κ1) is 12.0. The van der Waals surface area contributed by atoms with E-state index in [0.29, 0.717) is 5.56 Å². The number of rotatable bonds is 1. The quantitative estimate of drug-likeness (QED) is 0.775. The molecule has 1 aliphatic heterocycles. The summed E-state index contributed by atoms with van der Waals surface area (Å²) >= 11 is 7.69. The second-order valence-corrected chi connectivity index (χ2v) is 5.10. The van der Waals surface area contributed by atoms with Crippen LogP contribution in [0.4, 0.5) is 0 Å². The van der Waals surface area contributed by atoms with Crippen LogP contribution in [0.1, 0.15) is 10.4 Å². The molecule has 0 spiro atoms. The molecule has 0 saturated carbocycles. The Morgan fingerprint density at radius 3 is 2.69 bits per heavy atom. The van der Waals surface area contributed by atoms with Gasteiger partial charge in [0.25, 0.3) is 5.91 Å².